The zero-order chi connectivity index (χ0) is 38.6. The maximum atomic E-state index is 12.5. The first-order chi connectivity index (χ1) is 24.5. The molecule has 52 heavy (non-hydrogen) atoms. The first-order valence-corrected chi connectivity index (χ1v) is 22.0. The van der Waals surface area contributed by atoms with Gasteiger partial charge < -0.3 is 46.2 Å². The van der Waals surface area contributed by atoms with Crippen molar-refractivity contribution >= 4 is 35.2 Å². The van der Waals surface area contributed by atoms with Gasteiger partial charge in [-0.1, -0.05) is 82.5 Å². The van der Waals surface area contributed by atoms with E-state index in [0.29, 0.717) is 25.8 Å². The summed E-state index contributed by atoms with van der Waals surface area (Å²) >= 11 is 0. The minimum atomic E-state index is -5.73. The summed E-state index contributed by atoms with van der Waals surface area (Å²) in [5, 5.41) is 13.2. The summed E-state index contributed by atoms with van der Waals surface area (Å²) in [5.74, 6) is 5.59. The highest BCUT2D eigenvalue weighted by Crippen LogP contribution is 2.66. The van der Waals surface area contributed by atoms with Crippen LogP contribution in [0.2, 0.25) is 0 Å². The van der Waals surface area contributed by atoms with Crippen molar-refractivity contribution in [1.82, 2.24) is 14.9 Å². The van der Waals surface area contributed by atoms with Gasteiger partial charge in [-0.05, 0) is 25.8 Å². The number of nitrogens with zero attached hydrogens (tertiary/aromatic N) is 2. The number of aromatic nitrogens is 2. The van der Waals surface area contributed by atoms with Crippen LogP contribution in [0.5, 0.6) is 0 Å². The number of nitrogens with one attached hydrogen (secondary N) is 1. The Bertz CT molecular complexity index is 1510. The lowest BCUT2D eigenvalue weighted by atomic mass is 10.0. The Morgan fingerprint density at radius 3 is 2.08 bits per heavy atom. The fraction of sp³-hybridized carbons (Fsp3) is 0.767. The first-order valence-electron chi connectivity index (χ1n) is 17.5. The molecule has 298 valence electrons. The van der Waals surface area contributed by atoms with E-state index in [1.54, 1.807) is 0 Å². The summed E-state index contributed by atoms with van der Waals surface area (Å²) < 4.78 is 52.6. The SMILES string of the molecule is NCCCCCCCCCCCCCCCC(=O)NCCCC#Cc1cn([C@H]2C[C@@H](O)[C@@H](COP(=O)(O)OP(=O)(O)OP(=O)(O)O)O2)c(=O)nc1N. The number of nitrogen functional groups attached to an aromatic ring is 1. The van der Waals surface area contributed by atoms with Crippen molar-refractivity contribution in [2.45, 2.75) is 128 Å². The maximum absolute atomic E-state index is 12.5. The molecule has 22 heteroatoms. The molecule has 1 aromatic rings. The summed E-state index contributed by atoms with van der Waals surface area (Å²) in [4.78, 5) is 64.5. The Hall–Kier alpha value is -2.00. The molecule has 1 aliphatic rings. The molecular weight excluding hydrogens is 747 g/mol. The molecule has 1 saturated heterocycles. The summed E-state index contributed by atoms with van der Waals surface area (Å²) in [6.07, 6.45) is 14.3. The van der Waals surface area contributed by atoms with Gasteiger partial charge in [0.05, 0.1) is 18.3 Å². The summed E-state index contributed by atoms with van der Waals surface area (Å²) in [6.45, 7) is 0.334. The third kappa shape index (κ3) is 19.9. The molecule has 0 aromatic carbocycles. The van der Waals surface area contributed by atoms with Gasteiger partial charge in [0.15, 0.2) is 0 Å². The number of hydrogen-bond donors (Lipinski definition) is 8. The van der Waals surface area contributed by atoms with Crippen LogP contribution in [0.1, 0.15) is 121 Å². The van der Waals surface area contributed by atoms with Crippen LogP contribution < -0.4 is 22.5 Å². The van der Waals surface area contributed by atoms with Crippen molar-refractivity contribution in [2.75, 3.05) is 25.4 Å². The van der Waals surface area contributed by atoms with E-state index in [2.05, 4.69) is 35.3 Å². The molecule has 2 heterocycles. The maximum Gasteiger partial charge on any atom is 0.490 e. The van der Waals surface area contributed by atoms with E-state index in [1.165, 1.54) is 64.0 Å². The fourth-order valence-electron chi connectivity index (χ4n) is 5.32. The zero-order valence-corrected chi connectivity index (χ0v) is 31.9. The molecule has 1 amide bonds. The van der Waals surface area contributed by atoms with Crippen LogP contribution in [0.4, 0.5) is 5.82 Å². The Morgan fingerprint density at radius 1 is 0.923 bits per heavy atom. The van der Waals surface area contributed by atoms with Gasteiger partial charge in [0.2, 0.25) is 5.91 Å². The van der Waals surface area contributed by atoms with Gasteiger partial charge in [-0.3, -0.25) is 13.9 Å². The highest BCUT2D eigenvalue weighted by molar-refractivity contribution is 7.66. The number of anilines is 1. The Morgan fingerprint density at radius 2 is 1.50 bits per heavy atom. The number of carbonyl (C=O) groups is 1. The molecule has 1 aliphatic heterocycles. The van der Waals surface area contributed by atoms with Crippen molar-refractivity contribution in [3.63, 3.8) is 0 Å². The topological polar surface area (TPSA) is 305 Å². The second-order valence-electron chi connectivity index (χ2n) is 12.4. The van der Waals surface area contributed by atoms with Gasteiger partial charge in [0.25, 0.3) is 0 Å². The van der Waals surface area contributed by atoms with E-state index in [9.17, 15) is 38.2 Å². The number of amides is 1. The average Bonchev–Trinajstić information content (AvgIpc) is 3.40. The molecule has 2 unspecified atom stereocenters. The number of ether oxygens (including phenoxy) is 1. The average molecular weight is 802 g/mol. The molecule has 5 atom stereocenters. The molecule has 10 N–H and O–H groups in total. The zero-order valence-electron chi connectivity index (χ0n) is 29.3. The van der Waals surface area contributed by atoms with Gasteiger partial charge in [-0.15, -0.1) is 0 Å². The number of phosphoric acid groups is 3. The fourth-order valence-corrected chi connectivity index (χ4v) is 8.35. The van der Waals surface area contributed by atoms with Crippen molar-refractivity contribution in [2.24, 2.45) is 5.73 Å². The van der Waals surface area contributed by atoms with Gasteiger partial charge in [0, 0.05) is 32.0 Å². The molecule has 0 radical (unpaired) electrons. The number of carbonyl (C=O) groups excluding carboxylic acids is 1. The molecule has 2 rings (SSSR count). The van der Waals surface area contributed by atoms with Crippen LogP contribution in [0.15, 0.2) is 11.0 Å². The van der Waals surface area contributed by atoms with Crippen molar-refractivity contribution in [1.29, 1.82) is 0 Å². The summed E-state index contributed by atoms with van der Waals surface area (Å²) in [6, 6.07) is 0. The number of hydrogen-bond acceptors (Lipinski definition) is 13. The number of phosphoric ester groups is 1. The summed E-state index contributed by atoms with van der Waals surface area (Å²) in [5.41, 5.74) is 10.7. The number of nitrogens with two attached hydrogens (primary N) is 2. The van der Waals surface area contributed by atoms with Crippen LogP contribution in [0, 0.1) is 11.8 Å². The second-order valence-corrected chi connectivity index (χ2v) is 16.9. The quantitative estimate of drug-likeness (QED) is 0.0378. The number of aliphatic hydroxyl groups excluding tert-OH is 1. The predicted octanol–water partition coefficient (Wildman–Crippen LogP) is 3.49. The highest BCUT2D eigenvalue weighted by Gasteiger charge is 2.43. The van der Waals surface area contributed by atoms with Gasteiger partial charge >= 0.3 is 29.2 Å². The largest absolute Gasteiger partial charge is 0.490 e. The van der Waals surface area contributed by atoms with Crippen LogP contribution in [-0.4, -0.2) is 72.0 Å². The molecule has 0 aliphatic carbocycles. The first kappa shape index (κ1) is 46.2. The Kier molecular flexibility index (Phi) is 21.0. The van der Waals surface area contributed by atoms with Gasteiger partial charge in [0.1, 0.15) is 18.1 Å². The lowest BCUT2D eigenvalue weighted by Gasteiger charge is -2.19. The van der Waals surface area contributed by atoms with E-state index in [4.69, 9.17) is 26.0 Å². The predicted molar refractivity (Wildman–Crippen MR) is 190 cm³/mol. The Balaban J connectivity index is 1.68. The van der Waals surface area contributed by atoms with E-state index in [-0.39, 0.29) is 23.7 Å². The van der Waals surface area contributed by atoms with Crippen LogP contribution in [0.25, 0.3) is 0 Å². The number of unbranched alkanes of at least 4 members (excludes halogenated alkanes) is 13. The normalized spacial score (nSPS) is 19.8. The van der Waals surface area contributed by atoms with Gasteiger partial charge in [-0.2, -0.15) is 13.6 Å². The smallest absolute Gasteiger partial charge is 0.390 e. The molecule has 1 fully saturated rings. The molecular formula is C30H54N5O14P3. The standard InChI is InChI=1S/C30H54N5O14P3/c31-19-15-11-9-7-5-3-1-2-4-6-8-10-14-18-27(37)33-20-16-12-13-17-24-22-35(30(38)34-29(24)32)28-21-25(36)26(47-28)23-46-51(42,43)49-52(44,45)48-50(39,40)41/h22,25-26,28,36H,1-12,14-16,18-21,23,31H2,(H,33,37)(H,42,43)(H,44,45)(H2,32,34,38)(H2,39,40,41)/t25-,26-,28-/m1/s1. The third-order valence-corrected chi connectivity index (χ3v) is 11.7. The van der Waals surface area contributed by atoms with Crippen molar-refractivity contribution in [3.05, 3.63) is 22.2 Å². The van der Waals surface area contributed by atoms with Crippen molar-refractivity contribution in [3.8, 4) is 11.8 Å². The molecule has 19 nitrogen and oxygen atoms in total. The van der Waals surface area contributed by atoms with Gasteiger partial charge in [-0.25, -0.2) is 18.5 Å². The molecule has 0 saturated carbocycles. The number of rotatable bonds is 26. The van der Waals surface area contributed by atoms with E-state index >= 15 is 0 Å². The minimum Gasteiger partial charge on any atom is -0.390 e. The lowest BCUT2D eigenvalue weighted by Crippen LogP contribution is -2.29. The summed E-state index contributed by atoms with van der Waals surface area (Å²) in [7, 11) is -16.7. The monoisotopic (exact) mass is 801 g/mol. The highest BCUT2D eigenvalue weighted by atomic mass is 31.3. The number of aliphatic hydroxyl groups is 1. The minimum absolute atomic E-state index is 0.000889. The third-order valence-electron chi connectivity index (χ3n) is 7.95. The molecule has 1 aromatic heterocycles. The molecule has 0 bridgehead atoms. The van der Waals surface area contributed by atoms with Crippen LogP contribution in [0.3, 0.4) is 0 Å². The Labute approximate surface area is 303 Å². The second kappa shape index (κ2) is 23.7. The van der Waals surface area contributed by atoms with E-state index in [1.807, 2.05) is 0 Å². The van der Waals surface area contributed by atoms with E-state index in [0.717, 1.165) is 36.8 Å². The van der Waals surface area contributed by atoms with E-state index < -0.39 is 54.2 Å². The molecule has 0 spiro atoms. The van der Waals surface area contributed by atoms with Crippen molar-refractivity contribution < 1.29 is 61.1 Å². The van der Waals surface area contributed by atoms with Crippen LogP contribution in [-0.2, 0) is 36.4 Å². The lowest BCUT2D eigenvalue weighted by molar-refractivity contribution is -0.121. The van der Waals surface area contributed by atoms with Crippen LogP contribution >= 0.6 is 23.5 Å².